The molecule has 2 aromatic rings. The molecule has 5 nitrogen and oxygen atoms in total. The predicted octanol–water partition coefficient (Wildman–Crippen LogP) is 2.21. The monoisotopic (exact) mass is 245 g/mol. The highest BCUT2D eigenvalue weighted by Crippen LogP contribution is 2.08. The SMILES string of the molecule is CCCNc1cccc(NCCn2ccnc2)n1. The van der Waals surface area contributed by atoms with Gasteiger partial charge in [-0.25, -0.2) is 9.97 Å². The van der Waals surface area contributed by atoms with E-state index in [4.69, 9.17) is 0 Å². The molecule has 0 atom stereocenters. The minimum atomic E-state index is 0.834. The first-order chi connectivity index (χ1) is 8.88. The second-order valence-corrected chi connectivity index (χ2v) is 4.06. The van der Waals surface area contributed by atoms with Crippen LogP contribution in [-0.2, 0) is 6.54 Å². The number of hydrogen-bond acceptors (Lipinski definition) is 4. The Morgan fingerprint density at radius 3 is 2.61 bits per heavy atom. The van der Waals surface area contributed by atoms with E-state index >= 15 is 0 Å². The van der Waals surface area contributed by atoms with Gasteiger partial charge in [-0.1, -0.05) is 13.0 Å². The molecule has 2 heterocycles. The number of rotatable bonds is 7. The summed E-state index contributed by atoms with van der Waals surface area (Å²) in [7, 11) is 0. The second kappa shape index (κ2) is 6.64. The molecule has 2 rings (SSSR count). The summed E-state index contributed by atoms with van der Waals surface area (Å²) in [6.45, 7) is 4.81. The lowest BCUT2D eigenvalue weighted by atomic mass is 10.4. The van der Waals surface area contributed by atoms with Gasteiger partial charge >= 0.3 is 0 Å². The van der Waals surface area contributed by atoms with Crippen LogP contribution >= 0.6 is 0 Å². The number of nitrogens with one attached hydrogen (secondary N) is 2. The molecular formula is C13H19N5. The van der Waals surface area contributed by atoms with E-state index in [2.05, 4.69) is 27.5 Å². The van der Waals surface area contributed by atoms with E-state index in [1.54, 1.807) is 6.20 Å². The molecule has 0 spiro atoms. The van der Waals surface area contributed by atoms with Crippen molar-refractivity contribution in [2.45, 2.75) is 19.9 Å². The first-order valence-corrected chi connectivity index (χ1v) is 6.29. The van der Waals surface area contributed by atoms with Crippen molar-refractivity contribution in [1.82, 2.24) is 14.5 Å². The molecule has 0 aliphatic carbocycles. The maximum absolute atomic E-state index is 4.48. The van der Waals surface area contributed by atoms with E-state index in [9.17, 15) is 0 Å². The van der Waals surface area contributed by atoms with Gasteiger partial charge in [0.1, 0.15) is 11.6 Å². The van der Waals surface area contributed by atoms with Crippen molar-refractivity contribution in [3.05, 3.63) is 36.9 Å². The standard InChI is InChI=1S/C13H19N5/c1-2-6-15-12-4-3-5-13(17-12)16-8-10-18-9-7-14-11-18/h3-5,7,9,11H,2,6,8,10H2,1H3,(H2,15,16,17). The van der Waals surface area contributed by atoms with Crippen LogP contribution < -0.4 is 10.6 Å². The van der Waals surface area contributed by atoms with Crippen molar-refractivity contribution >= 4 is 11.6 Å². The molecule has 0 bridgehead atoms. The van der Waals surface area contributed by atoms with Gasteiger partial charge in [0.25, 0.3) is 0 Å². The number of nitrogens with zero attached hydrogens (tertiary/aromatic N) is 3. The first-order valence-electron chi connectivity index (χ1n) is 6.29. The largest absolute Gasteiger partial charge is 0.370 e. The maximum Gasteiger partial charge on any atom is 0.128 e. The molecule has 18 heavy (non-hydrogen) atoms. The Bertz CT molecular complexity index is 452. The molecule has 5 heteroatoms. The summed E-state index contributed by atoms with van der Waals surface area (Å²) in [6.07, 6.45) is 6.65. The van der Waals surface area contributed by atoms with Crippen molar-refractivity contribution in [3.63, 3.8) is 0 Å². The van der Waals surface area contributed by atoms with Crippen LogP contribution in [0.5, 0.6) is 0 Å². The summed E-state index contributed by atoms with van der Waals surface area (Å²) in [4.78, 5) is 8.49. The van der Waals surface area contributed by atoms with Crippen molar-refractivity contribution < 1.29 is 0 Å². The fraction of sp³-hybridized carbons (Fsp3) is 0.385. The van der Waals surface area contributed by atoms with E-state index in [1.807, 2.05) is 35.3 Å². The molecule has 0 saturated carbocycles. The number of hydrogen-bond donors (Lipinski definition) is 2. The highest BCUT2D eigenvalue weighted by Gasteiger charge is 1.96. The molecule has 0 saturated heterocycles. The minimum absolute atomic E-state index is 0.834. The van der Waals surface area contributed by atoms with Gasteiger partial charge in [-0.05, 0) is 18.6 Å². The lowest BCUT2D eigenvalue weighted by Gasteiger charge is -2.08. The summed E-state index contributed by atoms with van der Waals surface area (Å²) in [6, 6.07) is 5.96. The minimum Gasteiger partial charge on any atom is -0.370 e. The van der Waals surface area contributed by atoms with E-state index < -0.39 is 0 Å². The highest BCUT2D eigenvalue weighted by molar-refractivity contribution is 5.44. The molecule has 0 radical (unpaired) electrons. The fourth-order valence-corrected chi connectivity index (χ4v) is 1.62. The molecule has 2 N–H and O–H groups in total. The number of anilines is 2. The zero-order valence-electron chi connectivity index (χ0n) is 10.6. The summed E-state index contributed by atoms with van der Waals surface area (Å²) in [5.41, 5.74) is 0. The summed E-state index contributed by atoms with van der Waals surface area (Å²) >= 11 is 0. The van der Waals surface area contributed by atoms with Crippen molar-refractivity contribution in [2.24, 2.45) is 0 Å². The number of imidazole rings is 1. The third kappa shape index (κ3) is 3.76. The van der Waals surface area contributed by atoms with Gasteiger partial charge < -0.3 is 15.2 Å². The van der Waals surface area contributed by atoms with Crippen LogP contribution in [0.15, 0.2) is 36.9 Å². The predicted molar refractivity (Wildman–Crippen MR) is 73.7 cm³/mol. The van der Waals surface area contributed by atoms with E-state index in [1.165, 1.54) is 0 Å². The Hall–Kier alpha value is -2.04. The van der Waals surface area contributed by atoms with Gasteiger partial charge in [-0.3, -0.25) is 0 Å². The highest BCUT2D eigenvalue weighted by atomic mass is 15.1. The van der Waals surface area contributed by atoms with Crippen LogP contribution in [0.3, 0.4) is 0 Å². The normalized spacial score (nSPS) is 10.3. The molecule has 96 valence electrons. The van der Waals surface area contributed by atoms with E-state index in [0.29, 0.717) is 0 Å². The van der Waals surface area contributed by atoms with Crippen molar-refractivity contribution in [1.29, 1.82) is 0 Å². The average Bonchev–Trinajstić information content (AvgIpc) is 2.90. The van der Waals surface area contributed by atoms with Crippen LogP contribution in [0.2, 0.25) is 0 Å². The van der Waals surface area contributed by atoms with Gasteiger partial charge in [-0.2, -0.15) is 0 Å². The third-order valence-corrected chi connectivity index (χ3v) is 2.54. The smallest absolute Gasteiger partial charge is 0.128 e. The second-order valence-electron chi connectivity index (χ2n) is 4.06. The molecule has 0 fully saturated rings. The molecule has 0 unspecified atom stereocenters. The first kappa shape index (κ1) is 12.4. The van der Waals surface area contributed by atoms with Gasteiger partial charge in [0.15, 0.2) is 0 Å². The van der Waals surface area contributed by atoms with Crippen molar-refractivity contribution in [3.8, 4) is 0 Å². The third-order valence-electron chi connectivity index (χ3n) is 2.54. The van der Waals surface area contributed by atoms with Crippen LogP contribution in [-0.4, -0.2) is 27.6 Å². The molecule has 0 aromatic carbocycles. The Labute approximate surface area is 107 Å². The Kier molecular flexibility index (Phi) is 4.58. The van der Waals surface area contributed by atoms with Gasteiger partial charge in [-0.15, -0.1) is 0 Å². The van der Waals surface area contributed by atoms with E-state index in [-0.39, 0.29) is 0 Å². The summed E-state index contributed by atoms with van der Waals surface area (Å²) in [5, 5.41) is 6.57. The summed E-state index contributed by atoms with van der Waals surface area (Å²) in [5.74, 6) is 1.82. The quantitative estimate of drug-likeness (QED) is 0.785. The molecular weight excluding hydrogens is 226 g/mol. The lowest BCUT2D eigenvalue weighted by Crippen LogP contribution is -2.11. The van der Waals surface area contributed by atoms with Crippen LogP contribution in [0.1, 0.15) is 13.3 Å². The zero-order chi connectivity index (χ0) is 12.6. The lowest BCUT2D eigenvalue weighted by molar-refractivity contribution is 0.725. The maximum atomic E-state index is 4.48. The topological polar surface area (TPSA) is 54.8 Å². The zero-order valence-corrected chi connectivity index (χ0v) is 10.6. The fourth-order valence-electron chi connectivity index (χ4n) is 1.62. The van der Waals surface area contributed by atoms with Crippen LogP contribution in [0.4, 0.5) is 11.6 Å². The molecule has 2 aromatic heterocycles. The number of aromatic nitrogens is 3. The van der Waals surface area contributed by atoms with Crippen LogP contribution in [0, 0.1) is 0 Å². The number of pyridine rings is 1. The average molecular weight is 245 g/mol. The summed E-state index contributed by atoms with van der Waals surface area (Å²) < 4.78 is 2.03. The molecule has 0 aliphatic heterocycles. The van der Waals surface area contributed by atoms with E-state index in [0.717, 1.165) is 37.7 Å². The Balaban J connectivity index is 1.81. The Morgan fingerprint density at radius 2 is 1.94 bits per heavy atom. The Morgan fingerprint density at radius 1 is 1.17 bits per heavy atom. The van der Waals surface area contributed by atoms with Crippen molar-refractivity contribution in [2.75, 3.05) is 23.7 Å². The van der Waals surface area contributed by atoms with Crippen LogP contribution in [0.25, 0.3) is 0 Å². The van der Waals surface area contributed by atoms with Gasteiger partial charge in [0.05, 0.1) is 6.33 Å². The van der Waals surface area contributed by atoms with Gasteiger partial charge in [0, 0.05) is 32.0 Å². The van der Waals surface area contributed by atoms with Gasteiger partial charge in [0.2, 0.25) is 0 Å². The molecule has 0 aliphatic rings. The molecule has 0 amide bonds.